The second kappa shape index (κ2) is 9.59. The molecule has 0 aliphatic carbocycles. The van der Waals surface area contributed by atoms with Crippen molar-refractivity contribution in [2.24, 2.45) is 0 Å². The second-order valence-corrected chi connectivity index (χ2v) is 9.98. The first-order valence-electron chi connectivity index (χ1n) is 11.2. The molecule has 0 radical (unpaired) electrons. The molecular formula is C25H24Cl3N4O3+. The summed E-state index contributed by atoms with van der Waals surface area (Å²) in [6.45, 7) is 2.61. The van der Waals surface area contributed by atoms with Crippen LogP contribution in [0.4, 0.5) is 17.1 Å². The van der Waals surface area contributed by atoms with Crippen LogP contribution < -0.4 is 14.7 Å². The molecule has 10 heteroatoms. The lowest BCUT2D eigenvalue weighted by atomic mass is 10.1. The molecule has 0 unspecified atom stereocenters. The zero-order valence-corrected chi connectivity index (χ0v) is 21.0. The van der Waals surface area contributed by atoms with Crippen molar-refractivity contribution in [1.82, 2.24) is 9.93 Å². The molecule has 0 atom stereocenters. The Labute approximate surface area is 218 Å². The van der Waals surface area contributed by atoms with Gasteiger partial charge in [0.15, 0.2) is 0 Å². The third-order valence-corrected chi connectivity index (χ3v) is 7.16. The predicted octanol–water partition coefficient (Wildman–Crippen LogP) is 5.67. The van der Waals surface area contributed by atoms with Gasteiger partial charge < -0.3 is 9.80 Å². The summed E-state index contributed by atoms with van der Waals surface area (Å²) in [5.41, 5.74) is 3.34. The van der Waals surface area contributed by atoms with Crippen molar-refractivity contribution >= 4 is 57.8 Å². The molecule has 3 aromatic carbocycles. The summed E-state index contributed by atoms with van der Waals surface area (Å²) in [7, 11) is 0. The zero-order valence-electron chi connectivity index (χ0n) is 18.7. The molecule has 2 N–H and O–H groups in total. The summed E-state index contributed by atoms with van der Waals surface area (Å²) in [5, 5.41) is 25.1. The van der Waals surface area contributed by atoms with Crippen LogP contribution in [0.5, 0.6) is 0 Å². The van der Waals surface area contributed by atoms with Crippen molar-refractivity contribution in [3.05, 3.63) is 86.9 Å². The fourth-order valence-electron chi connectivity index (χ4n) is 4.69. The maximum Gasteiger partial charge on any atom is 0.258 e. The molecule has 3 aromatic rings. The molecule has 0 saturated carbocycles. The van der Waals surface area contributed by atoms with Gasteiger partial charge in [0.1, 0.15) is 0 Å². The fourth-order valence-corrected chi connectivity index (χ4v) is 5.40. The summed E-state index contributed by atoms with van der Waals surface area (Å²) in [6, 6.07) is 17.5. The highest BCUT2D eigenvalue weighted by atomic mass is 35.5. The van der Waals surface area contributed by atoms with Gasteiger partial charge in [0.05, 0.1) is 18.0 Å². The Morgan fingerprint density at radius 1 is 0.800 bits per heavy atom. The Morgan fingerprint density at radius 3 is 2.20 bits per heavy atom. The van der Waals surface area contributed by atoms with Crippen LogP contribution in [0.1, 0.15) is 15.9 Å². The van der Waals surface area contributed by atoms with E-state index in [0.717, 1.165) is 16.9 Å². The number of anilines is 2. The van der Waals surface area contributed by atoms with E-state index in [9.17, 15) is 15.2 Å². The number of rotatable bonds is 4. The Bertz CT molecular complexity index is 1260. The molecule has 1 amide bonds. The standard InChI is InChI=1S/C25H24Cl3N4O3/c26-19-2-1-3-22(16-19)29-8-10-30(11-9-29)32(34,35)23-4-5-24-17(14-23)6-7-31(24)25(33)18-12-20(27)15-21(28)13-18/h1-5,12-16,34-35H,6-11H2/q+1. The minimum absolute atomic E-state index is 0.202. The number of amides is 1. The highest BCUT2D eigenvalue weighted by molar-refractivity contribution is 6.35. The molecule has 0 bridgehead atoms. The summed E-state index contributed by atoms with van der Waals surface area (Å²) >= 11 is 18.3. The lowest BCUT2D eigenvalue weighted by molar-refractivity contribution is -0.401. The minimum Gasteiger partial charge on any atom is -0.368 e. The van der Waals surface area contributed by atoms with Crippen LogP contribution in [0.15, 0.2) is 60.7 Å². The van der Waals surface area contributed by atoms with Crippen LogP contribution >= 0.6 is 34.8 Å². The molecular weight excluding hydrogens is 511 g/mol. The normalized spacial score (nSPS) is 16.5. The molecule has 35 heavy (non-hydrogen) atoms. The van der Waals surface area contributed by atoms with Gasteiger partial charge in [-0.15, -0.1) is 0 Å². The molecule has 0 spiro atoms. The second-order valence-electron chi connectivity index (χ2n) is 8.67. The van der Waals surface area contributed by atoms with E-state index < -0.39 is 4.92 Å². The number of nitrogens with zero attached hydrogens (tertiary/aromatic N) is 4. The van der Waals surface area contributed by atoms with Crippen molar-refractivity contribution in [2.75, 3.05) is 42.5 Å². The third-order valence-electron chi connectivity index (χ3n) is 6.48. The van der Waals surface area contributed by atoms with E-state index in [1.165, 1.54) is 0 Å². The number of quaternary nitrogens is 1. The number of carbonyl (C=O) groups excluding carboxylic acids is 1. The molecule has 2 aliphatic rings. The lowest BCUT2D eigenvalue weighted by Gasteiger charge is -2.39. The van der Waals surface area contributed by atoms with Crippen LogP contribution in [0.3, 0.4) is 0 Å². The Morgan fingerprint density at radius 2 is 1.51 bits per heavy atom. The first-order valence-corrected chi connectivity index (χ1v) is 12.4. The highest BCUT2D eigenvalue weighted by Gasteiger charge is 2.40. The number of hydrogen-bond acceptors (Lipinski definition) is 5. The fraction of sp³-hybridized carbons (Fsp3) is 0.240. The summed E-state index contributed by atoms with van der Waals surface area (Å²) < 4.78 is 0. The molecule has 182 valence electrons. The number of hydrogen-bond donors (Lipinski definition) is 2. The van der Waals surface area contributed by atoms with Gasteiger partial charge in [-0.3, -0.25) is 4.79 Å². The van der Waals surface area contributed by atoms with E-state index in [-0.39, 0.29) is 5.91 Å². The number of fused-ring (bicyclic) bond motifs is 1. The average Bonchev–Trinajstić information content (AvgIpc) is 3.26. The van der Waals surface area contributed by atoms with Crippen molar-refractivity contribution in [2.45, 2.75) is 6.42 Å². The van der Waals surface area contributed by atoms with Gasteiger partial charge in [-0.1, -0.05) is 45.9 Å². The third kappa shape index (κ3) is 4.86. The maximum atomic E-state index is 13.1. The van der Waals surface area contributed by atoms with E-state index in [2.05, 4.69) is 4.90 Å². The van der Waals surface area contributed by atoms with E-state index >= 15 is 0 Å². The molecule has 0 aromatic heterocycles. The van der Waals surface area contributed by atoms with E-state index in [4.69, 9.17) is 34.8 Å². The smallest absolute Gasteiger partial charge is 0.258 e. The minimum atomic E-state index is -1.34. The van der Waals surface area contributed by atoms with Crippen molar-refractivity contribution in [3.8, 4) is 0 Å². The SMILES string of the molecule is O=C(c1cc(Cl)cc(Cl)c1)N1CCc2cc([N+](O)(O)N3CCN(c4cccc(Cl)c4)CC3)ccc21. The molecule has 2 heterocycles. The van der Waals surface area contributed by atoms with E-state index in [1.807, 2.05) is 24.3 Å². The maximum absolute atomic E-state index is 13.1. The van der Waals surface area contributed by atoms with E-state index in [1.54, 1.807) is 46.3 Å². The van der Waals surface area contributed by atoms with E-state index in [0.29, 0.717) is 65.5 Å². The number of halogens is 3. The van der Waals surface area contributed by atoms with Crippen molar-refractivity contribution < 1.29 is 15.2 Å². The number of piperazine rings is 1. The van der Waals surface area contributed by atoms with Crippen LogP contribution in [0.25, 0.3) is 0 Å². The topological polar surface area (TPSA) is 67.2 Å². The molecule has 7 nitrogen and oxygen atoms in total. The number of benzene rings is 3. The number of carbonyl (C=O) groups is 1. The van der Waals surface area contributed by atoms with Gasteiger partial charge in [0.25, 0.3) is 5.91 Å². The largest absolute Gasteiger partial charge is 0.368 e. The Hall–Kier alpha value is -2.36. The van der Waals surface area contributed by atoms with Crippen molar-refractivity contribution in [1.29, 1.82) is 0 Å². The highest BCUT2D eigenvalue weighted by Crippen LogP contribution is 2.35. The molecule has 1 fully saturated rings. The quantitative estimate of drug-likeness (QED) is 0.333. The van der Waals surface area contributed by atoms with Gasteiger partial charge >= 0.3 is 0 Å². The molecule has 5 rings (SSSR count). The van der Waals surface area contributed by atoms with Gasteiger partial charge in [0.2, 0.25) is 5.69 Å². The van der Waals surface area contributed by atoms with Gasteiger partial charge in [0, 0.05) is 63.8 Å². The monoisotopic (exact) mass is 533 g/mol. The Kier molecular flexibility index (Phi) is 6.67. The van der Waals surface area contributed by atoms with Crippen LogP contribution in [0.2, 0.25) is 15.1 Å². The lowest BCUT2D eigenvalue weighted by Crippen LogP contribution is -2.63. The van der Waals surface area contributed by atoms with Gasteiger partial charge in [-0.05, 0) is 54.4 Å². The van der Waals surface area contributed by atoms with Crippen LogP contribution in [0, 0.1) is 0 Å². The average molecular weight is 535 g/mol. The van der Waals surface area contributed by atoms with Crippen molar-refractivity contribution in [3.63, 3.8) is 0 Å². The van der Waals surface area contributed by atoms with Gasteiger partial charge in [-0.25, -0.2) is 0 Å². The Balaban J connectivity index is 1.31. The summed E-state index contributed by atoms with van der Waals surface area (Å²) in [5.74, 6) is -0.202. The van der Waals surface area contributed by atoms with Crippen LogP contribution in [-0.2, 0) is 6.42 Å². The van der Waals surface area contributed by atoms with Crippen LogP contribution in [-0.4, -0.2) is 54.1 Å². The van der Waals surface area contributed by atoms with Gasteiger partial charge in [-0.2, -0.15) is 10.4 Å². The zero-order chi connectivity index (χ0) is 24.7. The summed E-state index contributed by atoms with van der Waals surface area (Å²) in [6.07, 6.45) is 0.603. The summed E-state index contributed by atoms with van der Waals surface area (Å²) in [4.78, 5) is 15.6. The molecule has 1 saturated heterocycles. The molecule has 2 aliphatic heterocycles. The first-order chi connectivity index (χ1) is 16.7. The predicted molar refractivity (Wildman–Crippen MR) is 139 cm³/mol. The first kappa shape index (κ1) is 24.3.